The number of rotatable bonds is 8. The second-order valence-electron chi connectivity index (χ2n) is 4.01. The largest absolute Gasteiger partial charge is 0.351 e. The van der Waals surface area contributed by atoms with E-state index in [0.29, 0.717) is 13.2 Å². The van der Waals surface area contributed by atoms with Crippen LogP contribution in [-0.4, -0.2) is 32.6 Å². The van der Waals surface area contributed by atoms with Gasteiger partial charge in [-0.15, -0.1) is 0 Å². The molecule has 3 nitrogen and oxygen atoms in total. The van der Waals surface area contributed by atoms with Crippen LogP contribution < -0.4 is 5.32 Å². The van der Waals surface area contributed by atoms with Crippen molar-refractivity contribution >= 4 is 15.9 Å². The van der Waals surface area contributed by atoms with Gasteiger partial charge >= 0.3 is 0 Å². The average Bonchev–Trinajstić information content (AvgIpc) is 2.36. The van der Waals surface area contributed by atoms with E-state index in [1.54, 1.807) is 0 Å². The van der Waals surface area contributed by atoms with Crippen molar-refractivity contribution in [3.63, 3.8) is 0 Å². The van der Waals surface area contributed by atoms with Crippen molar-refractivity contribution in [3.05, 3.63) is 34.3 Å². The minimum atomic E-state index is -0.205. The third-order valence-corrected chi connectivity index (χ3v) is 3.20. The molecule has 0 saturated carbocycles. The minimum absolute atomic E-state index is 0.152. The van der Waals surface area contributed by atoms with Crippen LogP contribution in [0, 0.1) is 0 Å². The smallest absolute Gasteiger partial charge is 0.172 e. The number of hydrogen-bond acceptors (Lipinski definition) is 3. The van der Waals surface area contributed by atoms with Crippen LogP contribution in [0.15, 0.2) is 28.7 Å². The minimum Gasteiger partial charge on any atom is -0.351 e. The number of benzene rings is 1. The number of hydrogen-bond donors (Lipinski definition) is 1. The number of halogens is 1. The SMILES string of the molecule is CCOC(OCC)C(Cc1cccc(Br)c1)NC. The second-order valence-corrected chi connectivity index (χ2v) is 4.92. The highest BCUT2D eigenvalue weighted by Crippen LogP contribution is 2.15. The molecule has 0 saturated heterocycles. The summed E-state index contributed by atoms with van der Waals surface area (Å²) < 4.78 is 12.4. The summed E-state index contributed by atoms with van der Waals surface area (Å²) in [6.45, 7) is 5.28. The lowest BCUT2D eigenvalue weighted by Crippen LogP contribution is -2.42. The summed E-state index contributed by atoms with van der Waals surface area (Å²) in [5.74, 6) is 0. The first-order valence-corrected chi connectivity index (χ1v) is 7.15. The maximum atomic E-state index is 5.64. The molecule has 0 aliphatic rings. The third kappa shape index (κ3) is 5.06. The van der Waals surface area contributed by atoms with Crippen LogP contribution in [0.25, 0.3) is 0 Å². The van der Waals surface area contributed by atoms with Crippen molar-refractivity contribution < 1.29 is 9.47 Å². The molecule has 0 radical (unpaired) electrons. The molecule has 4 heteroatoms. The van der Waals surface area contributed by atoms with Crippen LogP contribution in [-0.2, 0) is 15.9 Å². The van der Waals surface area contributed by atoms with Gasteiger partial charge in [0, 0.05) is 17.7 Å². The first-order chi connectivity index (χ1) is 8.71. The van der Waals surface area contributed by atoms with Crippen LogP contribution >= 0.6 is 15.9 Å². The Balaban J connectivity index is 2.69. The zero-order valence-electron chi connectivity index (χ0n) is 11.3. The average molecular weight is 316 g/mol. The van der Waals surface area contributed by atoms with E-state index in [-0.39, 0.29) is 12.3 Å². The fourth-order valence-corrected chi connectivity index (χ4v) is 2.31. The molecule has 1 atom stereocenters. The van der Waals surface area contributed by atoms with Crippen LogP contribution in [0.2, 0.25) is 0 Å². The quantitative estimate of drug-likeness (QED) is 0.748. The molecule has 1 unspecified atom stereocenters. The Kier molecular flexibility index (Phi) is 7.51. The van der Waals surface area contributed by atoms with Crippen molar-refractivity contribution in [1.82, 2.24) is 5.32 Å². The molecule has 0 aliphatic heterocycles. The molecule has 1 aromatic carbocycles. The normalized spacial score (nSPS) is 12.9. The molecule has 1 rings (SSSR count). The molecule has 0 aliphatic carbocycles. The van der Waals surface area contributed by atoms with Gasteiger partial charge in [-0.05, 0) is 45.0 Å². The second kappa shape index (κ2) is 8.64. The number of likely N-dealkylation sites (N-methyl/N-ethyl adjacent to an activating group) is 1. The van der Waals surface area contributed by atoms with Gasteiger partial charge in [0.05, 0.1) is 6.04 Å². The molecule has 1 N–H and O–H groups in total. The van der Waals surface area contributed by atoms with Gasteiger partial charge in [-0.2, -0.15) is 0 Å². The van der Waals surface area contributed by atoms with Crippen LogP contribution in [0.1, 0.15) is 19.4 Å². The Morgan fingerprint density at radius 3 is 2.39 bits per heavy atom. The Hall–Kier alpha value is -0.420. The summed E-state index contributed by atoms with van der Waals surface area (Å²) in [4.78, 5) is 0. The summed E-state index contributed by atoms with van der Waals surface area (Å²) in [5.41, 5.74) is 1.26. The van der Waals surface area contributed by atoms with E-state index in [2.05, 4.69) is 33.4 Å². The van der Waals surface area contributed by atoms with Gasteiger partial charge in [0.1, 0.15) is 0 Å². The highest BCUT2D eigenvalue weighted by Gasteiger charge is 2.21. The molecule has 1 aromatic rings. The maximum absolute atomic E-state index is 5.64. The van der Waals surface area contributed by atoms with E-state index in [1.807, 2.05) is 33.0 Å². The third-order valence-electron chi connectivity index (χ3n) is 2.71. The summed E-state index contributed by atoms with van der Waals surface area (Å²) in [5, 5.41) is 3.27. The summed E-state index contributed by atoms with van der Waals surface area (Å²) in [6, 6.07) is 8.46. The fraction of sp³-hybridized carbons (Fsp3) is 0.571. The number of ether oxygens (including phenoxy) is 2. The number of nitrogens with one attached hydrogen (secondary N) is 1. The van der Waals surface area contributed by atoms with Crippen molar-refractivity contribution in [3.8, 4) is 0 Å². The molecule has 0 amide bonds. The van der Waals surface area contributed by atoms with E-state index in [0.717, 1.165) is 10.9 Å². The summed E-state index contributed by atoms with van der Waals surface area (Å²) in [7, 11) is 1.94. The van der Waals surface area contributed by atoms with Gasteiger partial charge in [-0.25, -0.2) is 0 Å². The first kappa shape index (κ1) is 15.6. The van der Waals surface area contributed by atoms with Gasteiger partial charge in [-0.1, -0.05) is 28.1 Å². The van der Waals surface area contributed by atoms with Crippen LogP contribution in [0.3, 0.4) is 0 Å². The molecule has 102 valence electrons. The topological polar surface area (TPSA) is 30.5 Å². The zero-order valence-corrected chi connectivity index (χ0v) is 12.9. The molecule has 0 bridgehead atoms. The van der Waals surface area contributed by atoms with Crippen molar-refractivity contribution in [2.24, 2.45) is 0 Å². The highest BCUT2D eigenvalue weighted by atomic mass is 79.9. The lowest BCUT2D eigenvalue weighted by atomic mass is 10.1. The van der Waals surface area contributed by atoms with E-state index in [9.17, 15) is 0 Å². The molecule has 18 heavy (non-hydrogen) atoms. The van der Waals surface area contributed by atoms with Crippen molar-refractivity contribution in [2.45, 2.75) is 32.6 Å². The van der Waals surface area contributed by atoms with Gasteiger partial charge in [-0.3, -0.25) is 0 Å². The first-order valence-electron chi connectivity index (χ1n) is 6.36. The Morgan fingerprint density at radius 2 is 1.89 bits per heavy atom. The summed E-state index contributed by atoms with van der Waals surface area (Å²) in [6.07, 6.45) is 0.671. The lowest BCUT2D eigenvalue weighted by molar-refractivity contribution is -0.152. The Morgan fingerprint density at radius 1 is 1.22 bits per heavy atom. The Bertz CT molecular complexity index is 340. The van der Waals surface area contributed by atoms with Crippen LogP contribution in [0.5, 0.6) is 0 Å². The van der Waals surface area contributed by atoms with E-state index < -0.39 is 0 Å². The highest BCUT2D eigenvalue weighted by molar-refractivity contribution is 9.10. The van der Waals surface area contributed by atoms with E-state index >= 15 is 0 Å². The van der Waals surface area contributed by atoms with E-state index in [4.69, 9.17) is 9.47 Å². The molecular weight excluding hydrogens is 294 g/mol. The van der Waals surface area contributed by atoms with Gasteiger partial charge in [0.25, 0.3) is 0 Å². The van der Waals surface area contributed by atoms with Crippen molar-refractivity contribution in [2.75, 3.05) is 20.3 Å². The summed E-state index contributed by atoms with van der Waals surface area (Å²) >= 11 is 3.49. The molecule has 0 fully saturated rings. The van der Waals surface area contributed by atoms with E-state index in [1.165, 1.54) is 5.56 Å². The van der Waals surface area contributed by atoms with Crippen LogP contribution in [0.4, 0.5) is 0 Å². The predicted molar refractivity (Wildman–Crippen MR) is 77.7 cm³/mol. The van der Waals surface area contributed by atoms with Gasteiger partial charge in [0.15, 0.2) is 6.29 Å². The zero-order chi connectivity index (χ0) is 13.4. The maximum Gasteiger partial charge on any atom is 0.172 e. The molecule has 0 spiro atoms. The fourth-order valence-electron chi connectivity index (χ4n) is 1.86. The van der Waals surface area contributed by atoms with Crippen molar-refractivity contribution in [1.29, 1.82) is 0 Å². The Labute approximate surface area is 118 Å². The predicted octanol–water partition coefficient (Wildman–Crippen LogP) is 2.98. The molecular formula is C14H22BrNO2. The molecule has 0 heterocycles. The lowest BCUT2D eigenvalue weighted by Gasteiger charge is -2.26. The van der Waals surface area contributed by atoms with Gasteiger partial charge in [0.2, 0.25) is 0 Å². The standard InChI is InChI=1S/C14H22BrNO2/c1-4-17-14(18-5-2)13(16-3)10-11-7-6-8-12(15)9-11/h6-9,13-14,16H,4-5,10H2,1-3H3. The monoisotopic (exact) mass is 315 g/mol. The molecule has 0 aromatic heterocycles. The van der Waals surface area contributed by atoms with Gasteiger partial charge < -0.3 is 14.8 Å².